The largest absolute Gasteiger partial charge is 0.364 e. The number of hydrogen-bond donors (Lipinski definition) is 2. The Labute approximate surface area is 192 Å². The highest BCUT2D eigenvalue weighted by molar-refractivity contribution is 7.08. The fourth-order valence-electron chi connectivity index (χ4n) is 6.57. The predicted octanol–water partition coefficient (Wildman–Crippen LogP) is 4.74. The van der Waals surface area contributed by atoms with Crippen molar-refractivity contribution in [2.24, 2.45) is 28.9 Å². The first-order chi connectivity index (χ1) is 15.3. The topological polar surface area (TPSA) is 89.5 Å². The van der Waals surface area contributed by atoms with E-state index >= 15 is 0 Å². The number of carbonyl (C=O) groups excluding carboxylic acids is 2. The number of primary amides is 1. The lowest BCUT2D eigenvalue weighted by Crippen LogP contribution is -2.46. The molecule has 2 amide bonds. The fourth-order valence-corrected chi connectivity index (χ4v) is 7.21. The lowest BCUT2D eigenvalue weighted by atomic mass is 9.57. The summed E-state index contributed by atoms with van der Waals surface area (Å²) < 4.78 is 1.64. The van der Waals surface area contributed by atoms with Crippen LogP contribution in [0, 0.1) is 23.2 Å². The van der Waals surface area contributed by atoms with E-state index in [1.54, 1.807) is 22.7 Å². The molecule has 2 aliphatic carbocycles. The van der Waals surface area contributed by atoms with E-state index in [0.29, 0.717) is 41.0 Å². The number of nitrogens with zero attached hydrogens (tertiary/aromatic N) is 2. The molecular formula is C25H30N4O2S. The van der Waals surface area contributed by atoms with Crippen LogP contribution in [0.3, 0.4) is 0 Å². The molecule has 32 heavy (non-hydrogen) atoms. The lowest BCUT2D eigenvalue weighted by Gasteiger charge is -2.50. The minimum Gasteiger partial charge on any atom is -0.364 e. The van der Waals surface area contributed by atoms with Gasteiger partial charge in [-0.3, -0.25) is 14.0 Å². The van der Waals surface area contributed by atoms with Crippen LogP contribution in [0.1, 0.15) is 66.8 Å². The van der Waals surface area contributed by atoms with Gasteiger partial charge in [-0.15, -0.1) is 0 Å². The average Bonchev–Trinajstić information content (AvgIpc) is 3.38. The molecule has 0 aromatic carbocycles. The molecule has 2 fully saturated rings. The maximum Gasteiger partial charge on any atom is 0.268 e. The summed E-state index contributed by atoms with van der Waals surface area (Å²) in [5.41, 5.74) is 8.47. The normalized spacial score (nSPS) is 27.4. The molecule has 0 radical (unpaired) electrons. The molecule has 7 heteroatoms. The highest BCUT2D eigenvalue weighted by atomic mass is 32.1. The Morgan fingerprint density at radius 2 is 1.97 bits per heavy atom. The SMILES string of the molecule is CC1CC2CC(C)CC(CNC(=O)c3cccn4c(C(N)=O)c(-c5ccsc5)nc34)(C1)C2. The molecule has 3 N–H and O–H groups in total. The number of aromatic nitrogens is 2. The number of thiophene rings is 1. The number of hydrogen-bond acceptors (Lipinski definition) is 4. The molecule has 0 spiro atoms. The van der Waals surface area contributed by atoms with Gasteiger partial charge in [-0.1, -0.05) is 13.8 Å². The van der Waals surface area contributed by atoms with Gasteiger partial charge in [0.05, 0.1) is 5.56 Å². The summed E-state index contributed by atoms with van der Waals surface area (Å²) in [5, 5.41) is 7.09. The monoisotopic (exact) mass is 450 g/mol. The molecular weight excluding hydrogens is 420 g/mol. The van der Waals surface area contributed by atoms with E-state index in [9.17, 15) is 9.59 Å². The molecule has 6 nitrogen and oxygen atoms in total. The molecule has 3 heterocycles. The standard InChI is InChI=1S/C25H30N4O2S/c1-15-8-17-9-16(2)11-25(10-15,12-17)14-27-24(31)19-4-3-6-29-21(22(26)30)20(28-23(19)29)18-5-7-32-13-18/h3-7,13,15-17H,8-12,14H2,1-2H3,(H2,26,30)(H,27,31). The molecule has 0 saturated heterocycles. The third kappa shape index (κ3) is 3.72. The molecule has 2 saturated carbocycles. The van der Waals surface area contributed by atoms with Crippen LogP contribution in [0.5, 0.6) is 0 Å². The summed E-state index contributed by atoms with van der Waals surface area (Å²) in [7, 11) is 0. The van der Waals surface area contributed by atoms with Gasteiger partial charge in [-0.05, 0) is 78.9 Å². The lowest BCUT2D eigenvalue weighted by molar-refractivity contribution is 0.0184. The van der Waals surface area contributed by atoms with E-state index in [0.717, 1.165) is 11.5 Å². The van der Waals surface area contributed by atoms with Crippen molar-refractivity contribution in [1.29, 1.82) is 0 Å². The Balaban J connectivity index is 1.45. The first-order valence-electron chi connectivity index (χ1n) is 11.5. The summed E-state index contributed by atoms with van der Waals surface area (Å²) >= 11 is 1.53. The van der Waals surface area contributed by atoms with Crippen LogP contribution < -0.4 is 11.1 Å². The molecule has 168 valence electrons. The number of amides is 2. The summed E-state index contributed by atoms with van der Waals surface area (Å²) in [4.78, 5) is 30.3. The smallest absolute Gasteiger partial charge is 0.268 e. The Bertz CT molecular complexity index is 1150. The number of carbonyl (C=O) groups is 2. The number of imidazole rings is 1. The van der Waals surface area contributed by atoms with Crippen LogP contribution in [0.25, 0.3) is 16.9 Å². The highest BCUT2D eigenvalue weighted by Crippen LogP contribution is 2.52. The van der Waals surface area contributed by atoms with Gasteiger partial charge < -0.3 is 11.1 Å². The number of rotatable bonds is 5. The first kappa shape index (κ1) is 21.2. The third-order valence-electron chi connectivity index (χ3n) is 7.30. The van der Waals surface area contributed by atoms with E-state index in [1.165, 1.54) is 43.4 Å². The van der Waals surface area contributed by atoms with Crippen LogP contribution in [0.15, 0.2) is 35.2 Å². The van der Waals surface area contributed by atoms with Crippen LogP contribution in [-0.4, -0.2) is 27.7 Å². The van der Waals surface area contributed by atoms with Gasteiger partial charge >= 0.3 is 0 Å². The Morgan fingerprint density at radius 3 is 2.62 bits per heavy atom. The quantitative estimate of drug-likeness (QED) is 0.588. The zero-order valence-corrected chi connectivity index (χ0v) is 19.5. The summed E-state index contributed by atoms with van der Waals surface area (Å²) in [6.07, 6.45) is 7.93. The maximum atomic E-state index is 13.3. The Morgan fingerprint density at radius 1 is 1.22 bits per heavy atom. The Hall–Kier alpha value is -2.67. The molecule has 2 bridgehead atoms. The number of nitrogens with two attached hydrogens (primary N) is 1. The van der Waals surface area contributed by atoms with Crippen LogP contribution in [0.4, 0.5) is 0 Å². The minimum atomic E-state index is -0.562. The number of nitrogens with one attached hydrogen (secondary N) is 1. The van der Waals surface area contributed by atoms with Crippen molar-refractivity contribution in [1.82, 2.24) is 14.7 Å². The molecule has 0 aliphatic heterocycles. The summed E-state index contributed by atoms with van der Waals surface area (Å²) in [6, 6.07) is 5.45. The molecule has 5 rings (SSSR count). The van der Waals surface area contributed by atoms with E-state index in [1.807, 2.05) is 16.8 Å². The van der Waals surface area contributed by atoms with Gasteiger partial charge in [-0.25, -0.2) is 4.98 Å². The van der Waals surface area contributed by atoms with E-state index in [-0.39, 0.29) is 11.3 Å². The van der Waals surface area contributed by atoms with Crippen molar-refractivity contribution in [2.45, 2.75) is 46.0 Å². The fraction of sp³-hybridized carbons (Fsp3) is 0.480. The van der Waals surface area contributed by atoms with Gasteiger partial charge in [0.15, 0.2) is 5.65 Å². The van der Waals surface area contributed by atoms with E-state index < -0.39 is 5.91 Å². The van der Waals surface area contributed by atoms with Crippen molar-refractivity contribution < 1.29 is 9.59 Å². The van der Waals surface area contributed by atoms with Gasteiger partial charge in [-0.2, -0.15) is 11.3 Å². The van der Waals surface area contributed by atoms with Gasteiger partial charge in [0.2, 0.25) is 0 Å². The molecule has 2 atom stereocenters. The first-order valence-corrected chi connectivity index (χ1v) is 12.4. The van der Waals surface area contributed by atoms with Crippen molar-refractivity contribution in [2.75, 3.05) is 6.54 Å². The predicted molar refractivity (Wildman–Crippen MR) is 127 cm³/mol. The zero-order valence-electron chi connectivity index (χ0n) is 18.6. The van der Waals surface area contributed by atoms with Crippen molar-refractivity contribution >= 4 is 28.8 Å². The second-order valence-corrected chi connectivity index (χ2v) is 10.9. The second-order valence-electron chi connectivity index (χ2n) is 10.1. The molecule has 3 aromatic heterocycles. The van der Waals surface area contributed by atoms with E-state index in [2.05, 4.69) is 24.1 Å². The average molecular weight is 451 g/mol. The van der Waals surface area contributed by atoms with Gasteiger partial charge in [0, 0.05) is 23.7 Å². The second kappa shape index (κ2) is 8.03. The Kier molecular flexibility index (Phi) is 5.32. The molecule has 2 aliphatic rings. The van der Waals surface area contributed by atoms with Crippen molar-refractivity contribution in [3.63, 3.8) is 0 Å². The van der Waals surface area contributed by atoms with Crippen LogP contribution in [0.2, 0.25) is 0 Å². The van der Waals surface area contributed by atoms with Gasteiger partial charge in [0.1, 0.15) is 11.4 Å². The number of fused-ring (bicyclic) bond motifs is 3. The van der Waals surface area contributed by atoms with Crippen LogP contribution in [-0.2, 0) is 0 Å². The summed E-state index contributed by atoms with van der Waals surface area (Å²) in [6.45, 7) is 5.39. The zero-order chi connectivity index (χ0) is 22.5. The third-order valence-corrected chi connectivity index (χ3v) is 7.99. The highest BCUT2D eigenvalue weighted by Gasteiger charge is 2.44. The number of pyridine rings is 1. The van der Waals surface area contributed by atoms with Crippen LogP contribution >= 0.6 is 11.3 Å². The molecule has 2 unspecified atom stereocenters. The summed E-state index contributed by atoms with van der Waals surface area (Å²) in [5.74, 6) is 1.49. The van der Waals surface area contributed by atoms with Gasteiger partial charge in [0.25, 0.3) is 11.8 Å². The van der Waals surface area contributed by atoms with E-state index in [4.69, 9.17) is 5.73 Å². The van der Waals surface area contributed by atoms with Crippen molar-refractivity contribution in [3.05, 3.63) is 46.4 Å². The minimum absolute atomic E-state index is 0.143. The maximum absolute atomic E-state index is 13.3. The van der Waals surface area contributed by atoms with Crippen molar-refractivity contribution in [3.8, 4) is 11.3 Å². The molecule has 3 aromatic rings.